The van der Waals surface area contributed by atoms with Crippen molar-refractivity contribution in [2.24, 2.45) is 0 Å². The molecule has 9 heteroatoms. The number of aromatic amines is 2. The minimum absolute atomic E-state index is 0.00797. The van der Waals surface area contributed by atoms with Gasteiger partial charge in [0, 0.05) is 16.6 Å². The molecule has 23 heavy (non-hydrogen) atoms. The number of carbonyl (C=O) groups is 2. The van der Waals surface area contributed by atoms with Crippen LogP contribution in [0.5, 0.6) is 0 Å². The summed E-state index contributed by atoms with van der Waals surface area (Å²) < 4.78 is 0.318. The van der Waals surface area contributed by atoms with Crippen LogP contribution in [0.25, 0.3) is 21.8 Å². The molecule has 0 saturated heterocycles. The Morgan fingerprint density at radius 2 is 1.39 bits per heavy atom. The zero-order valence-electron chi connectivity index (χ0n) is 11.1. The molecule has 0 atom stereocenters. The first kappa shape index (κ1) is 15.0. The molecule has 0 spiro atoms. The lowest BCUT2D eigenvalue weighted by molar-refractivity contribution is 0.0680. The number of benzene rings is 1. The quantitative estimate of drug-likeness (QED) is 0.498. The molecular weight excluding hydrogens is 372 g/mol. The van der Waals surface area contributed by atoms with Crippen molar-refractivity contribution in [2.45, 2.75) is 0 Å². The van der Waals surface area contributed by atoms with Gasteiger partial charge in [0.2, 0.25) is 0 Å². The summed E-state index contributed by atoms with van der Waals surface area (Å²) in [7, 11) is 0. The number of pyridine rings is 2. The molecule has 1 aromatic carbocycles. The van der Waals surface area contributed by atoms with Gasteiger partial charge in [0.25, 0.3) is 0 Å². The highest BCUT2D eigenvalue weighted by atomic mass is 79.9. The Morgan fingerprint density at radius 1 is 0.870 bits per heavy atom. The summed E-state index contributed by atoms with van der Waals surface area (Å²) in [4.78, 5) is 51.7. The number of hydrogen-bond donors (Lipinski definition) is 4. The second kappa shape index (κ2) is 5.06. The van der Waals surface area contributed by atoms with E-state index in [4.69, 9.17) is 10.2 Å². The summed E-state index contributed by atoms with van der Waals surface area (Å²) in [6.07, 6.45) is 0. The van der Waals surface area contributed by atoms with E-state index in [0.29, 0.717) is 4.47 Å². The average molecular weight is 379 g/mol. The van der Waals surface area contributed by atoms with Gasteiger partial charge in [0.1, 0.15) is 11.4 Å². The van der Waals surface area contributed by atoms with E-state index >= 15 is 0 Å². The Hall–Kier alpha value is -2.94. The van der Waals surface area contributed by atoms with Crippen LogP contribution in [-0.4, -0.2) is 32.1 Å². The number of fused-ring (bicyclic) bond motifs is 3. The minimum atomic E-state index is -1.31. The number of carboxylic acid groups (broad SMARTS) is 2. The predicted molar refractivity (Wildman–Crippen MR) is 84.3 cm³/mol. The van der Waals surface area contributed by atoms with E-state index in [1.54, 1.807) is 0 Å². The largest absolute Gasteiger partial charge is 0.477 e. The van der Waals surface area contributed by atoms with E-state index in [9.17, 15) is 19.2 Å². The van der Waals surface area contributed by atoms with E-state index in [-0.39, 0.29) is 33.2 Å². The number of carboxylic acids is 2. The van der Waals surface area contributed by atoms with Gasteiger partial charge in [-0.15, -0.1) is 0 Å². The van der Waals surface area contributed by atoms with Crippen LogP contribution in [0, 0.1) is 0 Å². The molecule has 116 valence electrons. The van der Waals surface area contributed by atoms with Crippen molar-refractivity contribution in [1.29, 1.82) is 0 Å². The second-order valence-electron chi connectivity index (χ2n) is 4.74. The molecule has 2 heterocycles. The van der Waals surface area contributed by atoms with Gasteiger partial charge < -0.3 is 20.2 Å². The summed E-state index contributed by atoms with van der Waals surface area (Å²) in [5, 5.41) is 18.0. The van der Waals surface area contributed by atoms with Crippen molar-refractivity contribution >= 4 is 49.7 Å². The van der Waals surface area contributed by atoms with E-state index in [1.807, 2.05) is 0 Å². The average Bonchev–Trinajstić information content (AvgIpc) is 2.46. The maximum atomic E-state index is 12.3. The maximum Gasteiger partial charge on any atom is 0.352 e. The Morgan fingerprint density at radius 3 is 1.96 bits per heavy atom. The Kier molecular flexibility index (Phi) is 3.29. The second-order valence-corrected chi connectivity index (χ2v) is 5.59. The molecule has 0 aliphatic rings. The molecule has 2 aromatic heterocycles. The van der Waals surface area contributed by atoms with Crippen LogP contribution in [-0.2, 0) is 0 Å². The standard InChI is InChI=1S/C14H7BrN2O6/c15-4-1-5-10(8(18)2-6(16-5)13(20)21)11-9(19)3-7(14(22)23)17-12(4)11/h1-3H,(H,16,18)(H,17,19)(H,20,21)(H,22,23). The molecule has 0 amide bonds. The fraction of sp³-hybridized carbons (Fsp3) is 0. The summed E-state index contributed by atoms with van der Waals surface area (Å²) in [6.45, 7) is 0. The molecule has 0 aliphatic heterocycles. The monoisotopic (exact) mass is 378 g/mol. The fourth-order valence-corrected chi connectivity index (χ4v) is 2.89. The first-order valence-corrected chi connectivity index (χ1v) is 6.98. The predicted octanol–water partition coefficient (Wildman–Crippen LogP) is 1.53. The van der Waals surface area contributed by atoms with Crippen molar-refractivity contribution in [3.8, 4) is 0 Å². The SMILES string of the molecule is O=C(O)c1cc(=O)c2c(cc(Br)c3[nH]c(C(=O)O)cc(=O)c32)[nH]1. The minimum Gasteiger partial charge on any atom is -0.477 e. The zero-order chi connectivity index (χ0) is 16.9. The van der Waals surface area contributed by atoms with Crippen LogP contribution in [0.1, 0.15) is 21.0 Å². The highest BCUT2D eigenvalue weighted by molar-refractivity contribution is 9.10. The van der Waals surface area contributed by atoms with Crippen molar-refractivity contribution in [1.82, 2.24) is 9.97 Å². The Labute approximate surface area is 134 Å². The maximum absolute atomic E-state index is 12.3. The lowest BCUT2D eigenvalue weighted by Crippen LogP contribution is -2.15. The van der Waals surface area contributed by atoms with Gasteiger partial charge in [0.05, 0.1) is 21.8 Å². The van der Waals surface area contributed by atoms with E-state index in [1.165, 1.54) is 6.07 Å². The van der Waals surface area contributed by atoms with Crippen LogP contribution in [0.15, 0.2) is 32.3 Å². The van der Waals surface area contributed by atoms with Gasteiger partial charge in [-0.2, -0.15) is 0 Å². The molecule has 8 nitrogen and oxygen atoms in total. The van der Waals surface area contributed by atoms with Gasteiger partial charge in [0.15, 0.2) is 10.9 Å². The molecule has 0 saturated carbocycles. The van der Waals surface area contributed by atoms with Gasteiger partial charge in [-0.3, -0.25) is 9.59 Å². The summed E-state index contributed by atoms with van der Waals surface area (Å²) in [6, 6.07) is 3.16. The van der Waals surface area contributed by atoms with Crippen molar-refractivity contribution < 1.29 is 19.8 Å². The van der Waals surface area contributed by atoms with Gasteiger partial charge in [-0.1, -0.05) is 0 Å². The number of aromatic nitrogens is 2. The molecule has 0 fully saturated rings. The van der Waals surface area contributed by atoms with Crippen LogP contribution in [0.2, 0.25) is 0 Å². The molecule has 0 aliphatic carbocycles. The van der Waals surface area contributed by atoms with E-state index in [0.717, 1.165) is 12.1 Å². The highest BCUT2D eigenvalue weighted by Crippen LogP contribution is 2.26. The summed E-state index contributed by atoms with van der Waals surface area (Å²) in [5.41, 5.74) is -1.63. The lowest BCUT2D eigenvalue weighted by Gasteiger charge is -2.08. The molecular formula is C14H7BrN2O6. The molecule has 3 aromatic rings. The van der Waals surface area contributed by atoms with Crippen molar-refractivity contribution in [2.75, 3.05) is 0 Å². The number of rotatable bonds is 2. The third-order valence-corrected chi connectivity index (χ3v) is 3.94. The Bertz CT molecular complexity index is 1130. The number of hydrogen-bond acceptors (Lipinski definition) is 4. The third-order valence-electron chi connectivity index (χ3n) is 3.31. The van der Waals surface area contributed by atoms with E-state index in [2.05, 4.69) is 25.9 Å². The van der Waals surface area contributed by atoms with Crippen LogP contribution in [0.3, 0.4) is 0 Å². The number of halogens is 1. The fourth-order valence-electron chi connectivity index (χ4n) is 2.36. The van der Waals surface area contributed by atoms with Gasteiger partial charge >= 0.3 is 11.9 Å². The number of H-pyrrole nitrogens is 2. The van der Waals surface area contributed by atoms with Crippen LogP contribution < -0.4 is 10.9 Å². The molecule has 0 unspecified atom stereocenters. The molecule has 0 bridgehead atoms. The zero-order valence-corrected chi connectivity index (χ0v) is 12.7. The van der Waals surface area contributed by atoms with Crippen molar-refractivity contribution in [3.63, 3.8) is 0 Å². The summed E-state index contributed by atoms with van der Waals surface area (Å²) >= 11 is 3.19. The molecule has 0 radical (unpaired) electrons. The van der Waals surface area contributed by atoms with Crippen LogP contribution >= 0.6 is 15.9 Å². The molecule has 3 rings (SSSR count). The summed E-state index contributed by atoms with van der Waals surface area (Å²) in [5.74, 6) is -2.62. The van der Waals surface area contributed by atoms with Gasteiger partial charge in [-0.05, 0) is 22.0 Å². The first-order chi connectivity index (χ1) is 10.8. The lowest BCUT2D eigenvalue weighted by atomic mass is 10.1. The number of aromatic carboxylic acids is 2. The number of nitrogens with one attached hydrogen (secondary N) is 2. The highest BCUT2D eigenvalue weighted by Gasteiger charge is 2.17. The smallest absolute Gasteiger partial charge is 0.352 e. The molecule has 4 N–H and O–H groups in total. The third kappa shape index (κ3) is 2.30. The Balaban J connectivity index is 2.59. The van der Waals surface area contributed by atoms with Crippen LogP contribution in [0.4, 0.5) is 0 Å². The topological polar surface area (TPSA) is 140 Å². The van der Waals surface area contributed by atoms with Gasteiger partial charge in [-0.25, -0.2) is 9.59 Å². The first-order valence-electron chi connectivity index (χ1n) is 6.18. The normalized spacial score (nSPS) is 11.0. The van der Waals surface area contributed by atoms with E-state index < -0.39 is 22.8 Å². The van der Waals surface area contributed by atoms with Crippen molar-refractivity contribution in [3.05, 3.63) is 54.5 Å².